The van der Waals surface area contributed by atoms with Crippen LogP contribution in [0.3, 0.4) is 0 Å². The van der Waals surface area contributed by atoms with Gasteiger partial charge in [0.15, 0.2) is 11.5 Å². The van der Waals surface area contributed by atoms with Gasteiger partial charge in [0.2, 0.25) is 0 Å². The van der Waals surface area contributed by atoms with Crippen LogP contribution in [0.15, 0.2) is 24.8 Å². The minimum absolute atomic E-state index is 0.00190. The molecule has 4 bridgehead atoms. The third kappa shape index (κ3) is 2.30. The maximum absolute atomic E-state index is 12.7. The Bertz CT molecular complexity index is 719. The maximum atomic E-state index is 12.7. The van der Waals surface area contributed by atoms with Gasteiger partial charge < -0.3 is 5.32 Å². The summed E-state index contributed by atoms with van der Waals surface area (Å²) in [6.07, 6.45) is 10.5. The highest BCUT2D eigenvalue weighted by atomic mass is 16.2. The Morgan fingerprint density at radius 1 is 1.08 bits per heavy atom. The van der Waals surface area contributed by atoms with Crippen LogP contribution in [0.1, 0.15) is 49.0 Å². The molecular formula is C17H20N6O. The molecule has 0 radical (unpaired) electrons. The van der Waals surface area contributed by atoms with E-state index in [0.717, 1.165) is 37.0 Å². The van der Waals surface area contributed by atoms with Crippen LogP contribution >= 0.6 is 0 Å². The summed E-state index contributed by atoms with van der Waals surface area (Å²) in [7, 11) is 0. The first-order chi connectivity index (χ1) is 11.7. The number of amides is 1. The molecule has 7 heteroatoms. The monoisotopic (exact) mass is 324 g/mol. The van der Waals surface area contributed by atoms with Gasteiger partial charge in [0.1, 0.15) is 12.7 Å². The van der Waals surface area contributed by atoms with E-state index in [-0.39, 0.29) is 11.4 Å². The number of nitrogens with zero attached hydrogens (tertiary/aromatic N) is 5. The molecule has 1 N–H and O–H groups in total. The van der Waals surface area contributed by atoms with Gasteiger partial charge in [-0.05, 0) is 68.4 Å². The molecule has 0 unspecified atom stereocenters. The molecule has 0 aliphatic heterocycles. The van der Waals surface area contributed by atoms with E-state index < -0.39 is 0 Å². The third-order valence-electron chi connectivity index (χ3n) is 5.95. The summed E-state index contributed by atoms with van der Waals surface area (Å²) < 4.78 is 1.52. The van der Waals surface area contributed by atoms with Gasteiger partial charge in [-0.25, -0.2) is 9.67 Å². The molecule has 4 aliphatic carbocycles. The molecule has 0 spiro atoms. The van der Waals surface area contributed by atoms with Gasteiger partial charge in [-0.1, -0.05) is 0 Å². The summed E-state index contributed by atoms with van der Waals surface area (Å²) in [6, 6.07) is 3.45. The Kier molecular flexibility index (Phi) is 2.98. The van der Waals surface area contributed by atoms with Gasteiger partial charge in [0.05, 0.1) is 0 Å². The predicted octanol–water partition coefficient (Wildman–Crippen LogP) is 1.76. The minimum Gasteiger partial charge on any atom is -0.345 e. The second-order valence-electron chi connectivity index (χ2n) is 7.77. The quantitative estimate of drug-likeness (QED) is 0.930. The van der Waals surface area contributed by atoms with Crippen molar-refractivity contribution in [2.75, 3.05) is 0 Å². The first-order valence-electron chi connectivity index (χ1n) is 8.70. The van der Waals surface area contributed by atoms with Gasteiger partial charge in [0, 0.05) is 5.54 Å². The molecule has 4 saturated carbocycles. The van der Waals surface area contributed by atoms with E-state index in [1.54, 1.807) is 18.5 Å². The molecule has 2 aromatic heterocycles. The molecule has 24 heavy (non-hydrogen) atoms. The van der Waals surface area contributed by atoms with Crippen molar-refractivity contribution >= 4 is 5.91 Å². The van der Waals surface area contributed by atoms with Gasteiger partial charge in [-0.2, -0.15) is 5.10 Å². The van der Waals surface area contributed by atoms with Crippen molar-refractivity contribution in [2.24, 2.45) is 17.8 Å². The fraction of sp³-hybridized carbons (Fsp3) is 0.588. The number of nitrogens with one attached hydrogen (secondary N) is 1. The lowest BCUT2D eigenvalue weighted by Crippen LogP contribution is -2.59. The molecular weight excluding hydrogens is 304 g/mol. The zero-order chi connectivity index (χ0) is 16.1. The van der Waals surface area contributed by atoms with Crippen LogP contribution < -0.4 is 5.32 Å². The van der Waals surface area contributed by atoms with Gasteiger partial charge in [0.25, 0.3) is 5.91 Å². The number of hydrogen-bond acceptors (Lipinski definition) is 5. The normalized spacial score (nSPS) is 33.6. The van der Waals surface area contributed by atoms with Crippen molar-refractivity contribution in [1.29, 1.82) is 0 Å². The molecule has 124 valence electrons. The first-order valence-corrected chi connectivity index (χ1v) is 8.70. The number of carbonyl (C=O) groups excluding carboxylic acids is 1. The highest BCUT2D eigenvalue weighted by Gasteiger charge is 2.51. The molecule has 2 heterocycles. The van der Waals surface area contributed by atoms with E-state index in [4.69, 9.17) is 0 Å². The van der Waals surface area contributed by atoms with Crippen LogP contribution in [0.5, 0.6) is 0 Å². The largest absolute Gasteiger partial charge is 0.345 e. The van der Waals surface area contributed by atoms with Crippen LogP contribution in [-0.4, -0.2) is 36.4 Å². The van der Waals surface area contributed by atoms with Crippen LogP contribution in [0.4, 0.5) is 0 Å². The topological polar surface area (TPSA) is 85.6 Å². The lowest BCUT2D eigenvalue weighted by Gasteiger charge is -2.56. The predicted molar refractivity (Wildman–Crippen MR) is 85.3 cm³/mol. The number of aromatic nitrogens is 5. The average molecular weight is 324 g/mol. The number of carbonyl (C=O) groups is 1. The van der Waals surface area contributed by atoms with Gasteiger partial charge in [-0.3, -0.25) is 4.79 Å². The zero-order valence-electron chi connectivity index (χ0n) is 13.4. The van der Waals surface area contributed by atoms with Crippen molar-refractivity contribution < 1.29 is 4.79 Å². The molecule has 0 saturated heterocycles. The van der Waals surface area contributed by atoms with Crippen LogP contribution in [0, 0.1) is 17.8 Å². The van der Waals surface area contributed by atoms with Crippen molar-refractivity contribution in [3.8, 4) is 5.82 Å². The average Bonchev–Trinajstić information content (AvgIpc) is 3.07. The third-order valence-corrected chi connectivity index (χ3v) is 5.95. The Labute approximate surface area is 139 Å². The van der Waals surface area contributed by atoms with E-state index in [2.05, 4.69) is 25.6 Å². The maximum Gasteiger partial charge on any atom is 0.272 e. The number of hydrogen-bond donors (Lipinski definition) is 1. The summed E-state index contributed by atoms with van der Waals surface area (Å²) in [6.45, 7) is 0. The minimum atomic E-state index is -0.102. The second kappa shape index (κ2) is 5.09. The van der Waals surface area contributed by atoms with Crippen LogP contribution in [0.2, 0.25) is 0 Å². The molecule has 7 nitrogen and oxygen atoms in total. The Hall–Kier alpha value is -2.31. The zero-order valence-corrected chi connectivity index (χ0v) is 13.4. The molecule has 0 atom stereocenters. The standard InChI is InChI=1S/C17H20N6O/c24-16(14-1-2-15(22-21-14)23-10-18-9-19-23)20-17-6-11-3-12(7-17)5-13(4-11)8-17/h1-2,9-13H,3-8H2,(H,20,24). The first kappa shape index (κ1) is 14.1. The molecule has 4 aliphatic rings. The highest BCUT2D eigenvalue weighted by molar-refractivity contribution is 5.92. The lowest BCUT2D eigenvalue weighted by atomic mass is 9.53. The highest BCUT2D eigenvalue weighted by Crippen LogP contribution is 2.55. The molecule has 6 rings (SSSR count). The molecule has 4 fully saturated rings. The summed E-state index contributed by atoms with van der Waals surface area (Å²) in [4.78, 5) is 16.6. The summed E-state index contributed by atoms with van der Waals surface area (Å²) in [5.74, 6) is 2.86. The van der Waals surface area contributed by atoms with Crippen molar-refractivity contribution in [1.82, 2.24) is 30.3 Å². The van der Waals surface area contributed by atoms with Crippen molar-refractivity contribution in [3.05, 3.63) is 30.5 Å². The fourth-order valence-electron chi connectivity index (χ4n) is 5.46. The van der Waals surface area contributed by atoms with Crippen LogP contribution in [-0.2, 0) is 0 Å². The van der Waals surface area contributed by atoms with E-state index >= 15 is 0 Å². The fourth-order valence-corrected chi connectivity index (χ4v) is 5.46. The summed E-state index contributed by atoms with van der Waals surface area (Å²) in [5.41, 5.74) is 0.368. The molecule has 1 amide bonds. The number of rotatable bonds is 3. The smallest absolute Gasteiger partial charge is 0.272 e. The van der Waals surface area contributed by atoms with Gasteiger partial charge in [-0.15, -0.1) is 10.2 Å². The Morgan fingerprint density at radius 2 is 1.79 bits per heavy atom. The SMILES string of the molecule is O=C(NC12CC3CC(CC(C3)C1)C2)c1ccc(-n2cncn2)nn1. The summed E-state index contributed by atoms with van der Waals surface area (Å²) in [5, 5.41) is 15.5. The van der Waals surface area contributed by atoms with Gasteiger partial charge >= 0.3 is 0 Å². The van der Waals surface area contributed by atoms with Crippen molar-refractivity contribution in [3.63, 3.8) is 0 Å². The van der Waals surface area contributed by atoms with Crippen LogP contribution in [0.25, 0.3) is 5.82 Å². The van der Waals surface area contributed by atoms with E-state index in [0.29, 0.717) is 11.5 Å². The van der Waals surface area contributed by atoms with Crippen molar-refractivity contribution in [2.45, 2.75) is 44.1 Å². The van der Waals surface area contributed by atoms with E-state index in [1.165, 1.54) is 30.3 Å². The Balaban J connectivity index is 1.34. The molecule has 2 aromatic rings. The summed E-state index contributed by atoms with van der Waals surface area (Å²) >= 11 is 0. The lowest BCUT2D eigenvalue weighted by molar-refractivity contribution is -0.0168. The Morgan fingerprint density at radius 3 is 2.33 bits per heavy atom. The van der Waals surface area contributed by atoms with E-state index in [9.17, 15) is 4.79 Å². The molecule has 0 aromatic carbocycles. The second-order valence-corrected chi connectivity index (χ2v) is 7.77. The van der Waals surface area contributed by atoms with E-state index in [1.807, 2.05) is 0 Å².